The molecule has 0 bridgehead atoms. The summed E-state index contributed by atoms with van der Waals surface area (Å²) in [6, 6.07) is 21.3. The van der Waals surface area contributed by atoms with Crippen molar-refractivity contribution in [1.29, 1.82) is 5.26 Å². The van der Waals surface area contributed by atoms with E-state index in [-0.39, 0.29) is 5.57 Å². The van der Waals surface area contributed by atoms with Gasteiger partial charge < -0.3 is 5.32 Å². The lowest BCUT2D eigenvalue weighted by Gasteiger charge is -2.10. The number of anilines is 1. The van der Waals surface area contributed by atoms with E-state index in [1.54, 1.807) is 30.3 Å². The first-order chi connectivity index (χ1) is 14.4. The zero-order valence-corrected chi connectivity index (χ0v) is 19.0. The molecule has 0 aliphatic rings. The number of nitrogens with zero attached hydrogens (tertiary/aromatic N) is 1. The molecule has 0 unspecified atom stereocenters. The standard InChI is InChI=1S/C25H20BrClN2O/c1-16-9-17(2)11-18(10-16)12-19-7-8-22(26)14-20(19)13-21(15-28)25(30)29-24-6-4-3-5-23(24)27/h3-11,13-14H,12H2,1-2H3,(H,29,30)/b21-13+. The summed E-state index contributed by atoms with van der Waals surface area (Å²) in [7, 11) is 0. The third-order valence-electron chi connectivity index (χ3n) is 4.57. The number of carbonyl (C=O) groups excluding carboxylic acids is 1. The minimum atomic E-state index is -0.497. The van der Waals surface area contributed by atoms with Crippen LogP contribution in [-0.4, -0.2) is 5.91 Å². The highest BCUT2D eigenvalue weighted by atomic mass is 79.9. The number of halogens is 2. The number of amides is 1. The number of nitrogens with one attached hydrogen (secondary N) is 1. The maximum atomic E-state index is 12.7. The Bertz CT molecular complexity index is 1160. The average Bonchev–Trinajstić information content (AvgIpc) is 2.69. The second kappa shape index (κ2) is 9.75. The molecule has 0 saturated carbocycles. The molecule has 0 aliphatic carbocycles. The topological polar surface area (TPSA) is 52.9 Å². The van der Waals surface area contributed by atoms with Gasteiger partial charge in [0.2, 0.25) is 0 Å². The zero-order valence-electron chi connectivity index (χ0n) is 16.7. The van der Waals surface area contributed by atoms with Crippen LogP contribution in [0.3, 0.4) is 0 Å². The number of rotatable bonds is 5. The molecule has 0 spiro atoms. The number of hydrogen-bond donors (Lipinski definition) is 1. The highest BCUT2D eigenvalue weighted by molar-refractivity contribution is 9.10. The summed E-state index contributed by atoms with van der Waals surface area (Å²) in [5.41, 5.74) is 5.91. The van der Waals surface area contributed by atoms with E-state index in [1.807, 2.05) is 24.3 Å². The Morgan fingerprint density at radius 2 is 1.80 bits per heavy atom. The van der Waals surface area contributed by atoms with Crippen molar-refractivity contribution < 1.29 is 4.79 Å². The molecule has 0 saturated heterocycles. The minimum Gasteiger partial charge on any atom is -0.320 e. The Morgan fingerprint density at radius 1 is 1.10 bits per heavy atom. The summed E-state index contributed by atoms with van der Waals surface area (Å²) >= 11 is 9.60. The van der Waals surface area contributed by atoms with Gasteiger partial charge in [0.1, 0.15) is 11.6 Å². The van der Waals surface area contributed by atoms with Gasteiger partial charge in [0.25, 0.3) is 5.91 Å². The number of nitriles is 1. The molecule has 150 valence electrons. The number of carbonyl (C=O) groups is 1. The quantitative estimate of drug-likeness (QED) is 0.321. The summed E-state index contributed by atoms with van der Waals surface area (Å²) in [6.45, 7) is 4.15. The molecule has 5 heteroatoms. The maximum Gasteiger partial charge on any atom is 0.266 e. The first kappa shape index (κ1) is 21.8. The lowest BCUT2D eigenvalue weighted by Crippen LogP contribution is -2.13. The highest BCUT2D eigenvalue weighted by Crippen LogP contribution is 2.25. The van der Waals surface area contributed by atoms with Crippen molar-refractivity contribution in [2.24, 2.45) is 0 Å². The van der Waals surface area contributed by atoms with Crippen LogP contribution in [0.5, 0.6) is 0 Å². The van der Waals surface area contributed by atoms with Gasteiger partial charge in [-0.1, -0.05) is 75.1 Å². The molecule has 0 radical (unpaired) electrons. The molecule has 1 amide bonds. The molecular weight excluding hydrogens is 460 g/mol. The summed E-state index contributed by atoms with van der Waals surface area (Å²) in [5.74, 6) is -0.497. The number of hydrogen-bond acceptors (Lipinski definition) is 2. The van der Waals surface area contributed by atoms with Crippen LogP contribution in [0.2, 0.25) is 5.02 Å². The maximum absolute atomic E-state index is 12.7. The molecule has 30 heavy (non-hydrogen) atoms. The van der Waals surface area contributed by atoms with E-state index in [9.17, 15) is 10.1 Å². The lowest BCUT2D eigenvalue weighted by molar-refractivity contribution is -0.112. The van der Waals surface area contributed by atoms with Crippen molar-refractivity contribution in [2.75, 3.05) is 5.32 Å². The van der Waals surface area contributed by atoms with Gasteiger partial charge in [-0.25, -0.2) is 0 Å². The Kier molecular flexibility index (Phi) is 7.10. The molecule has 0 fully saturated rings. The molecule has 3 aromatic carbocycles. The molecule has 0 atom stereocenters. The van der Waals surface area contributed by atoms with Gasteiger partial charge in [-0.05, 0) is 67.3 Å². The molecule has 3 nitrogen and oxygen atoms in total. The van der Waals surface area contributed by atoms with Gasteiger partial charge in [0.15, 0.2) is 0 Å². The molecule has 1 N–H and O–H groups in total. The number of para-hydroxylation sites is 1. The fraction of sp³-hybridized carbons (Fsp3) is 0.120. The summed E-state index contributed by atoms with van der Waals surface area (Å²) in [5, 5.41) is 12.7. The average molecular weight is 480 g/mol. The summed E-state index contributed by atoms with van der Waals surface area (Å²) in [6.07, 6.45) is 2.32. The van der Waals surface area contributed by atoms with Crippen LogP contribution in [0.1, 0.15) is 27.8 Å². The van der Waals surface area contributed by atoms with Crippen molar-refractivity contribution >= 4 is 45.2 Å². The third-order valence-corrected chi connectivity index (χ3v) is 5.39. The number of aryl methyl sites for hydroxylation is 2. The van der Waals surface area contributed by atoms with Gasteiger partial charge in [-0.15, -0.1) is 0 Å². The van der Waals surface area contributed by atoms with E-state index in [0.717, 1.165) is 15.6 Å². The molecule has 0 aliphatic heterocycles. The van der Waals surface area contributed by atoms with Gasteiger partial charge in [-0.3, -0.25) is 4.79 Å². The smallest absolute Gasteiger partial charge is 0.266 e. The fourth-order valence-corrected chi connectivity index (χ4v) is 3.87. The van der Waals surface area contributed by atoms with Gasteiger partial charge in [-0.2, -0.15) is 5.26 Å². The van der Waals surface area contributed by atoms with Crippen LogP contribution >= 0.6 is 27.5 Å². The molecule has 3 aromatic rings. The van der Waals surface area contributed by atoms with Crippen LogP contribution in [0, 0.1) is 25.2 Å². The summed E-state index contributed by atoms with van der Waals surface area (Å²) < 4.78 is 0.877. The van der Waals surface area contributed by atoms with Crippen LogP contribution in [0.25, 0.3) is 6.08 Å². The SMILES string of the molecule is Cc1cc(C)cc(Cc2ccc(Br)cc2/C=C(\C#N)C(=O)Nc2ccccc2Cl)c1. The second-order valence-corrected chi connectivity index (χ2v) is 8.44. The van der Waals surface area contributed by atoms with Crippen molar-refractivity contribution in [2.45, 2.75) is 20.3 Å². The van der Waals surface area contributed by atoms with Crippen molar-refractivity contribution in [3.63, 3.8) is 0 Å². The normalized spacial score (nSPS) is 11.1. The van der Waals surface area contributed by atoms with Crippen molar-refractivity contribution in [3.05, 3.63) is 104 Å². The second-order valence-electron chi connectivity index (χ2n) is 7.12. The van der Waals surface area contributed by atoms with E-state index >= 15 is 0 Å². The lowest BCUT2D eigenvalue weighted by atomic mass is 9.96. The van der Waals surface area contributed by atoms with Crippen LogP contribution in [0.15, 0.2) is 70.7 Å². The largest absolute Gasteiger partial charge is 0.320 e. The highest BCUT2D eigenvalue weighted by Gasteiger charge is 2.13. The van der Waals surface area contributed by atoms with E-state index in [4.69, 9.17) is 11.6 Å². The zero-order chi connectivity index (χ0) is 21.7. The minimum absolute atomic E-state index is 0.00897. The van der Waals surface area contributed by atoms with E-state index in [0.29, 0.717) is 17.1 Å². The van der Waals surface area contributed by atoms with E-state index in [2.05, 4.69) is 53.3 Å². The van der Waals surface area contributed by atoms with Gasteiger partial charge in [0.05, 0.1) is 10.7 Å². The van der Waals surface area contributed by atoms with Crippen LogP contribution in [-0.2, 0) is 11.2 Å². The van der Waals surface area contributed by atoms with Crippen molar-refractivity contribution in [3.8, 4) is 6.07 Å². The van der Waals surface area contributed by atoms with Crippen LogP contribution in [0.4, 0.5) is 5.69 Å². The predicted octanol–water partition coefficient (Wildman–Crippen LogP) is 6.86. The van der Waals surface area contributed by atoms with Crippen LogP contribution < -0.4 is 5.32 Å². The molecule has 0 heterocycles. The molecular formula is C25H20BrClN2O. The predicted molar refractivity (Wildman–Crippen MR) is 127 cm³/mol. The third kappa shape index (κ3) is 5.60. The Morgan fingerprint density at radius 3 is 2.47 bits per heavy atom. The van der Waals surface area contributed by atoms with E-state index in [1.165, 1.54) is 16.7 Å². The Hall–Kier alpha value is -2.87. The summed E-state index contributed by atoms with van der Waals surface area (Å²) in [4.78, 5) is 12.7. The monoisotopic (exact) mass is 478 g/mol. The first-order valence-corrected chi connectivity index (χ1v) is 10.6. The van der Waals surface area contributed by atoms with Crippen molar-refractivity contribution in [1.82, 2.24) is 0 Å². The van der Waals surface area contributed by atoms with Gasteiger partial charge >= 0.3 is 0 Å². The molecule has 3 rings (SSSR count). The van der Waals surface area contributed by atoms with Gasteiger partial charge in [0, 0.05) is 4.47 Å². The number of benzene rings is 3. The van der Waals surface area contributed by atoms with E-state index < -0.39 is 5.91 Å². The Labute approximate surface area is 190 Å². The fourth-order valence-electron chi connectivity index (χ4n) is 3.31. The molecule has 0 aromatic heterocycles. The Balaban J connectivity index is 1.94. The first-order valence-electron chi connectivity index (χ1n) is 9.39.